The largest absolute Gasteiger partial charge is 0.492 e. The molecule has 0 radical (unpaired) electrons. The van der Waals surface area contributed by atoms with Gasteiger partial charge in [-0.15, -0.1) is 0 Å². The second kappa shape index (κ2) is 5.04. The van der Waals surface area contributed by atoms with Gasteiger partial charge in [-0.05, 0) is 24.8 Å². The van der Waals surface area contributed by atoms with E-state index in [4.69, 9.17) is 22.1 Å². The second-order valence-corrected chi connectivity index (χ2v) is 4.54. The summed E-state index contributed by atoms with van der Waals surface area (Å²) in [5.41, 5.74) is 6.04. The smallest absolute Gasteiger partial charge is 0.138 e. The van der Waals surface area contributed by atoms with Crippen molar-refractivity contribution < 1.29 is 9.84 Å². The van der Waals surface area contributed by atoms with Crippen molar-refractivity contribution in [3.8, 4) is 5.75 Å². The van der Waals surface area contributed by atoms with Crippen molar-refractivity contribution in [3.05, 3.63) is 28.8 Å². The van der Waals surface area contributed by atoms with Crippen molar-refractivity contribution in [2.24, 2.45) is 11.7 Å². The quantitative estimate of drug-likeness (QED) is 0.830. The minimum atomic E-state index is -0.725. The molecule has 0 aliphatic heterocycles. The van der Waals surface area contributed by atoms with E-state index in [1.165, 1.54) is 12.8 Å². The fraction of sp³-hybridized carbons (Fsp3) is 0.500. The van der Waals surface area contributed by atoms with Gasteiger partial charge in [-0.2, -0.15) is 0 Å². The molecule has 3 N–H and O–H groups in total. The topological polar surface area (TPSA) is 55.5 Å². The maximum Gasteiger partial charge on any atom is 0.138 e. The van der Waals surface area contributed by atoms with E-state index in [0.29, 0.717) is 28.9 Å². The lowest BCUT2D eigenvalue weighted by molar-refractivity contribution is 0.186. The molecule has 4 heteroatoms. The molecule has 1 fully saturated rings. The molecule has 0 amide bonds. The minimum Gasteiger partial charge on any atom is -0.492 e. The number of hydrogen-bond acceptors (Lipinski definition) is 3. The summed E-state index contributed by atoms with van der Waals surface area (Å²) in [6, 6.07) is 5.41. The Labute approximate surface area is 100 Å². The van der Waals surface area contributed by atoms with Gasteiger partial charge in [0.2, 0.25) is 0 Å². The zero-order chi connectivity index (χ0) is 11.5. The van der Waals surface area contributed by atoms with Crippen LogP contribution in [-0.2, 0) is 0 Å². The maximum absolute atomic E-state index is 9.66. The molecule has 2 rings (SSSR count). The molecule has 1 aliphatic carbocycles. The molecule has 0 saturated heterocycles. The first-order chi connectivity index (χ1) is 7.72. The van der Waals surface area contributed by atoms with Crippen molar-refractivity contribution >= 4 is 11.6 Å². The molecule has 16 heavy (non-hydrogen) atoms. The number of benzene rings is 1. The Hall–Kier alpha value is -0.770. The van der Waals surface area contributed by atoms with E-state index in [2.05, 4.69) is 0 Å². The molecule has 0 spiro atoms. The predicted molar refractivity (Wildman–Crippen MR) is 63.7 cm³/mol. The van der Waals surface area contributed by atoms with Gasteiger partial charge in [0.25, 0.3) is 0 Å². The third kappa shape index (κ3) is 2.67. The van der Waals surface area contributed by atoms with Crippen LogP contribution in [0.15, 0.2) is 18.2 Å². The normalized spacial score (nSPS) is 17.2. The molecule has 0 bridgehead atoms. The van der Waals surface area contributed by atoms with Gasteiger partial charge in [-0.1, -0.05) is 23.7 Å². The standard InChI is InChI=1S/C12H16ClNO2/c13-12-9(10(15)6-14)2-1-3-11(12)16-7-8-4-5-8/h1-3,8,10,15H,4-7,14H2. The molecule has 1 aromatic rings. The Morgan fingerprint density at radius 2 is 2.25 bits per heavy atom. The molecular formula is C12H16ClNO2. The van der Waals surface area contributed by atoms with Crippen LogP contribution >= 0.6 is 11.6 Å². The lowest BCUT2D eigenvalue weighted by atomic mass is 10.1. The van der Waals surface area contributed by atoms with E-state index < -0.39 is 6.10 Å². The summed E-state index contributed by atoms with van der Waals surface area (Å²) in [6.07, 6.45) is 1.75. The molecular weight excluding hydrogens is 226 g/mol. The molecule has 0 heterocycles. The van der Waals surface area contributed by atoms with Crippen LogP contribution in [0.3, 0.4) is 0 Å². The first kappa shape index (κ1) is 11.7. The summed E-state index contributed by atoms with van der Waals surface area (Å²) < 4.78 is 5.61. The van der Waals surface area contributed by atoms with Crippen LogP contribution in [0.1, 0.15) is 24.5 Å². The van der Waals surface area contributed by atoms with Crippen molar-refractivity contribution in [1.29, 1.82) is 0 Å². The van der Waals surface area contributed by atoms with Crippen LogP contribution in [0.5, 0.6) is 5.75 Å². The van der Waals surface area contributed by atoms with E-state index in [9.17, 15) is 5.11 Å². The summed E-state index contributed by atoms with van der Waals surface area (Å²) in [7, 11) is 0. The van der Waals surface area contributed by atoms with Gasteiger partial charge in [-0.25, -0.2) is 0 Å². The van der Waals surface area contributed by atoms with E-state index in [1.54, 1.807) is 6.07 Å². The highest BCUT2D eigenvalue weighted by Gasteiger charge is 2.22. The maximum atomic E-state index is 9.66. The number of hydrogen-bond donors (Lipinski definition) is 2. The summed E-state index contributed by atoms with van der Waals surface area (Å²) >= 11 is 6.15. The molecule has 3 nitrogen and oxygen atoms in total. The number of nitrogens with two attached hydrogens (primary N) is 1. The predicted octanol–water partition coefficient (Wildman–Crippen LogP) is 2.12. The average Bonchev–Trinajstić information content (AvgIpc) is 3.10. The zero-order valence-corrected chi connectivity index (χ0v) is 9.78. The van der Waals surface area contributed by atoms with Crippen molar-refractivity contribution in [3.63, 3.8) is 0 Å². The van der Waals surface area contributed by atoms with Gasteiger partial charge in [0.05, 0.1) is 17.7 Å². The van der Waals surface area contributed by atoms with Crippen molar-refractivity contribution in [2.75, 3.05) is 13.2 Å². The number of rotatable bonds is 5. The first-order valence-corrected chi connectivity index (χ1v) is 5.89. The monoisotopic (exact) mass is 241 g/mol. The second-order valence-electron chi connectivity index (χ2n) is 4.17. The van der Waals surface area contributed by atoms with Crippen LogP contribution in [0, 0.1) is 5.92 Å². The highest BCUT2D eigenvalue weighted by atomic mass is 35.5. The van der Waals surface area contributed by atoms with E-state index in [-0.39, 0.29) is 6.54 Å². The third-order valence-electron chi connectivity index (χ3n) is 2.75. The number of aliphatic hydroxyl groups is 1. The summed E-state index contributed by atoms with van der Waals surface area (Å²) in [5.74, 6) is 1.32. The first-order valence-electron chi connectivity index (χ1n) is 5.51. The van der Waals surface area contributed by atoms with E-state index >= 15 is 0 Å². The zero-order valence-electron chi connectivity index (χ0n) is 9.03. The number of halogens is 1. The molecule has 88 valence electrons. The molecule has 1 aliphatic rings. The van der Waals surface area contributed by atoms with Gasteiger partial charge >= 0.3 is 0 Å². The highest BCUT2D eigenvalue weighted by Crippen LogP contribution is 2.34. The van der Waals surface area contributed by atoms with Gasteiger partial charge in [0.1, 0.15) is 5.75 Å². The van der Waals surface area contributed by atoms with Crippen LogP contribution in [0.2, 0.25) is 5.02 Å². The Balaban J connectivity index is 2.11. The molecule has 1 atom stereocenters. The van der Waals surface area contributed by atoms with E-state index in [0.717, 1.165) is 0 Å². The summed E-state index contributed by atoms with van der Waals surface area (Å²) in [4.78, 5) is 0. The van der Waals surface area contributed by atoms with E-state index in [1.807, 2.05) is 12.1 Å². The number of ether oxygens (including phenoxy) is 1. The lowest BCUT2D eigenvalue weighted by Gasteiger charge is -2.14. The van der Waals surface area contributed by atoms with Crippen molar-refractivity contribution in [2.45, 2.75) is 18.9 Å². The third-order valence-corrected chi connectivity index (χ3v) is 3.15. The summed E-state index contributed by atoms with van der Waals surface area (Å²) in [6.45, 7) is 0.869. The molecule has 1 unspecified atom stereocenters. The van der Waals surface area contributed by atoms with Crippen LogP contribution in [0.25, 0.3) is 0 Å². The number of aliphatic hydroxyl groups excluding tert-OH is 1. The Morgan fingerprint density at radius 1 is 1.50 bits per heavy atom. The molecule has 1 aromatic carbocycles. The highest BCUT2D eigenvalue weighted by molar-refractivity contribution is 6.32. The van der Waals surface area contributed by atoms with Gasteiger partial charge in [-0.3, -0.25) is 0 Å². The fourth-order valence-corrected chi connectivity index (χ4v) is 1.82. The Morgan fingerprint density at radius 3 is 2.88 bits per heavy atom. The SMILES string of the molecule is NCC(O)c1cccc(OCC2CC2)c1Cl. The van der Waals surface area contributed by atoms with Gasteiger partial charge in [0, 0.05) is 12.1 Å². The summed E-state index contributed by atoms with van der Waals surface area (Å²) in [5, 5.41) is 10.1. The van der Waals surface area contributed by atoms with Crippen LogP contribution in [-0.4, -0.2) is 18.3 Å². The minimum absolute atomic E-state index is 0.159. The van der Waals surface area contributed by atoms with Crippen LogP contribution < -0.4 is 10.5 Å². The molecule has 0 aromatic heterocycles. The Bertz CT molecular complexity index is 366. The Kier molecular flexibility index (Phi) is 3.69. The van der Waals surface area contributed by atoms with Gasteiger partial charge in [0.15, 0.2) is 0 Å². The molecule has 1 saturated carbocycles. The van der Waals surface area contributed by atoms with Crippen LogP contribution in [0.4, 0.5) is 0 Å². The fourth-order valence-electron chi connectivity index (χ4n) is 1.52. The average molecular weight is 242 g/mol. The van der Waals surface area contributed by atoms with Gasteiger partial charge < -0.3 is 15.6 Å². The lowest BCUT2D eigenvalue weighted by Crippen LogP contribution is -2.12. The van der Waals surface area contributed by atoms with Crippen molar-refractivity contribution in [1.82, 2.24) is 0 Å².